The molecule has 6 aromatic rings. The van der Waals surface area contributed by atoms with Crippen LogP contribution in [0.3, 0.4) is 0 Å². The lowest BCUT2D eigenvalue weighted by atomic mass is 10.0. The molecule has 242 valence electrons. The van der Waals surface area contributed by atoms with Crippen molar-refractivity contribution in [2.75, 3.05) is 14.2 Å². The van der Waals surface area contributed by atoms with Gasteiger partial charge in [0.2, 0.25) is 0 Å². The summed E-state index contributed by atoms with van der Waals surface area (Å²) in [6.07, 6.45) is 6.93. The number of pyridine rings is 2. The minimum Gasteiger partial charge on any atom is -0.467 e. The molecule has 0 saturated carbocycles. The van der Waals surface area contributed by atoms with Gasteiger partial charge in [-0.2, -0.15) is 0 Å². The highest BCUT2D eigenvalue weighted by atomic mass is 16.5. The van der Waals surface area contributed by atoms with E-state index in [-0.39, 0.29) is 24.0 Å². The zero-order valence-corrected chi connectivity index (χ0v) is 26.2. The van der Waals surface area contributed by atoms with Crippen molar-refractivity contribution >= 4 is 45.6 Å². The molecule has 4 aromatic heterocycles. The van der Waals surface area contributed by atoms with Crippen LogP contribution in [0, 0.1) is 0 Å². The number of carbonyl (C=O) groups excluding carboxylic acids is 4. The minimum atomic E-state index is -0.949. The molecule has 12 heteroatoms. The number of hydrogen-bond donors (Lipinski definition) is 4. The maximum Gasteiger partial charge on any atom is 0.328 e. The van der Waals surface area contributed by atoms with Gasteiger partial charge in [-0.25, -0.2) is 9.59 Å². The van der Waals surface area contributed by atoms with E-state index in [9.17, 15) is 19.2 Å². The first-order chi connectivity index (χ1) is 23.3. The molecule has 0 bridgehead atoms. The molecule has 0 fully saturated rings. The summed E-state index contributed by atoms with van der Waals surface area (Å²) in [6.45, 7) is 0. The molecular weight excluding hydrogens is 612 g/mol. The molecule has 0 radical (unpaired) electrons. The van der Waals surface area contributed by atoms with E-state index in [4.69, 9.17) is 9.47 Å². The fourth-order valence-corrected chi connectivity index (χ4v) is 5.62. The van der Waals surface area contributed by atoms with Gasteiger partial charge in [0.25, 0.3) is 11.8 Å². The molecule has 2 amide bonds. The van der Waals surface area contributed by atoms with Crippen molar-refractivity contribution in [1.29, 1.82) is 0 Å². The SMILES string of the molecule is COC(=O)C(Cc1c[nH]c2ccccc12)NC(=O)c1ccnc(-c2cc(C(=O)NC(Cc3c[nH]c4ccccc34)C(=O)OC)ccn2)c1. The number of ether oxygens (including phenoxy) is 2. The summed E-state index contributed by atoms with van der Waals surface area (Å²) in [5.41, 5.74) is 4.65. The number of nitrogens with one attached hydrogen (secondary N) is 4. The third-order valence-electron chi connectivity index (χ3n) is 8.09. The molecule has 0 saturated heterocycles. The molecular formula is C36H32N6O6. The smallest absolute Gasteiger partial charge is 0.328 e. The molecule has 0 spiro atoms. The first-order valence-corrected chi connectivity index (χ1v) is 15.1. The number of hydrogen-bond acceptors (Lipinski definition) is 8. The predicted octanol–water partition coefficient (Wildman–Crippen LogP) is 4.13. The van der Waals surface area contributed by atoms with Gasteiger partial charge in [0.15, 0.2) is 0 Å². The molecule has 4 N–H and O–H groups in total. The Labute approximate surface area is 274 Å². The van der Waals surface area contributed by atoms with Crippen molar-refractivity contribution in [1.82, 2.24) is 30.6 Å². The monoisotopic (exact) mass is 644 g/mol. The Morgan fingerprint density at radius 2 is 1.06 bits per heavy atom. The molecule has 0 aliphatic rings. The van der Waals surface area contributed by atoms with E-state index in [1.54, 1.807) is 0 Å². The number of H-pyrrole nitrogens is 2. The highest BCUT2D eigenvalue weighted by molar-refractivity contribution is 5.99. The van der Waals surface area contributed by atoms with E-state index in [0.717, 1.165) is 32.9 Å². The lowest BCUT2D eigenvalue weighted by Crippen LogP contribution is -2.43. The maximum absolute atomic E-state index is 13.4. The Morgan fingerprint density at radius 3 is 1.48 bits per heavy atom. The number of methoxy groups -OCH3 is 2. The van der Waals surface area contributed by atoms with Gasteiger partial charge in [0, 0.05) is 70.6 Å². The second-order valence-electron chi connectivity index (χ2n) is 11.1. The van der Waals surface area contributed by atoms with E-state index in [0.29, 0.717) is 11.4 Å². The standard InChI is InChI=1S/C36H32N6O6/c1-47-35(45)31(17-23-19-39-27-9-5-3-7-25(23)27)41-33(43)21-11-13-37-29(15-21)30-16-22(12-14-38-30)34(44)42-32(36(46)48-2)18-24-20-40-28-10-6-4-8-26(24)28/h3-16,19-20,31-32,39-40H,17-18H2,1-2H3,(H,41,43)(H,42,44). The third kappa shape index (κ3) is 6.77. The molecule has 0 aliphatic carbocycles. The first-order valence-electron chi connectivity index (χ1n) is 15.1. The molecule has 2 aromatic carbocycles. The average molecular weight is 645 g/mol. The topological polar surface area (TPSA) is 168 Å². The van der Waals surface area contributed by atoms with Gasteiger partial charge < -0.3 is 30.1 Å². The van der Waals surface area contributed by atoms with Gasteiger partial charge in [0.05, 0.1) is 25.6 Å². The fraction of sp³-hybridized carbons (Fsp3) is 0.167. The van der Waals surface area contributed by atoms with E-state index in [1.807, 2.05) is 60.9 Å². The van der Waals surface area contributed by atoms with E-state index in [2.05, 4.69) is 30.6 Å². The summed E-state index contributed by atoms with van der Waals surface area (Å²) in [4.78, 5) is 67.1. The number of benzene rings is 2. The van der Waals surface area contributed by atoms with Crippen LogP contribution in [0.5, 0.6) is 0 Å². The molecule has 12 nitrogen and oxygen atoms in total. The predicted molar refractivity (Wildman–Crippen MR) is 178 cm³/mol. The molecule has 48 heavy (non-hydrogen) atoms. The van der Waals surface area contributed by atoms with Crippen molar-refractivity contribution in [3.63, 3.8) is 0 Å². The Morgan fingerprint density at radius 1 is 0.646 bits per heavy atom. The Bertz CT molecular complexity index is 1980. The Kier molecular flexibility index (Phi) is 9.24. The van der Waals surface area contributed by atoms with E-state index < -0.39 is 35.8 Å². The van der Waals surface area contributed by atoms with Crippen LogP contribution in [0.15, 0.2) is 97.6 Å². The Balaban J connectivity index is 1.18. The number of aromatic nitrogens is 4. The second-order valence-corrected chi connectivity index (χ2v) is 11.1. The molecule has 6 rings (SSSR count). The van der Waals surface area contributed by atoms with Crippen LogP contribution < -0.4 is 10.6 Å². The number of amides is 2. The van der Waals surface area contributed by atoms with Crippen molar-refractivity contribution in [2.24, 2.45) is 0 Å². The highest BCUT2D eigenvalue weighted by Gasteiger charge is 2.26. The van der Waals surface area contributed by atoms with E-state index >= 15 is 0 Å². The maximum atomic E-state index is 13.4. The van der Waals surface area contributed by atoms with Gasteiger partial charge in [-0.05, 0) is 47.5 Å². The van der Waals surface area contributed by atoms with E-state index in [1.165, 1.54) is 50.9 Å². The van der Waals surface area contributed by atoms with Crippen molar-refractivity contribution in [2.45, 2.75) is 24.9 Å². The van der Waals surface area contributed by atoms with Crippen LogP contribution in [-0.4, -0.2) is 70.0 Å². The van der Waals surface area contributed by atoms with Crippen LogP contribution in [0.2, 0.25) is 0 Å². The van der Waals surface area contributed by atoms with Crippen LogP contribution in [0.4, 0.5) is 0 Å². The summed E-state index contributed by atoms with van der Waals surface area (Å²) in [5.74, 6) is -2.20. The minimum absolute atomic E-state index is 0.214. The zero-order valence-electron chi connectivity index (χ0n) is 26.2. The second kappa shape index (κ2) is 14.0. The zero-order chi connectivity index (χ0) is 33.6. The average Bonchev–Trinajstić information content (AvgIpc) is 3.74. The number of fused-ring (bicyclic) bond motifs is 2. The summed E-state index contributed by atoms with van der Waals surface area (Å²) in [5, 5.41) is 7.44. The summed E-state index contributed by atoms with van der Waals surface area (Å²) in [7, 11) is 2.54. The van der Waals surface area contributed by atoms with Crippen LogP contribution in [0.25, 0.3) is 33.2 Å². The quantitative estimate of drug-likeness (QED) is 0.153. The fourth-order valence-electron chi connectivity index (χ4n) is 5.62. The van der Waals surface area contributed by atoms with Gasteiger partial charge in [-0.3, -0.25) is 19.6 Å². The highest BCUT2D eigenvalue weighted by Crippen LogP contribution is 2.22. The lowest BCUT2D eigenvalue weighted by molar-refractivity contribution is -0.143. The largest absolute Gasteiger partial charge is 0.467 e. The molecule has 4 heterocycles. The van der Waals surface area contributed by atoms with Crippen LogP contribution in [0.1, 0.15) is 31.8 Å². The number of nitrogens with zero attached hydrogens (tertiary/aromatic N) is 2. The van der Waals surface area contributed by atoms with Crippen molar-refractivity contribution < 1.29 is 28.7 Å². The van der Waals surface area contributed by atoms with Gasteiger partial charge in [0.1, 0.15) is 12.1 Å². The third-order valence-corrected chi connectivity index (χ3v) is 8.09. The van der Waals surface area contributed by atoms with Crippen LogP contribution in [-0.2, 0) is 31.9 Å². The summed E-state index contributed by atoms with van der Waals surface area (Å²) >= 11 is 0. The number of rotatable bonds is 11. The number of esters is 2. The summed E-state index contributed by atoms with van der Waals surface area (Å²) < 4.78 is 9.96. The number of carbonyl (C=O) groups is 4. The van der Waals surface area contributed by atoms with Crippen LogP contribution >= 0.6 is 0 Å². The molecule has 0 aliphatic heterocycles. The Hall–Kier alpha value is -6.30. The summed E-state index contributed by atoms with van der Waals surface area (Å²) in [6, 6.07) is 19.5. The van der Waals surface area contributed by atoms with Crippen molar-refractivity contribution in [3.05, 3.63) is 120 Å². The molecule has 2 atom stereocenters. The van der Waals surface area contributed by atoms with Crippen molar-refractivity contribution in [3.8, 4) is 11.4 Å². The first kappa shape index (κ1) is 31.7. The number of aromatic amines is 2. The lowest BCUT2D eigenvalue weighted by Gasteiger charge is -2.17. The normalized spacial score (nSPS) is 12.3. The molecule has 2 unspecified atom stereocenters. The number of para-hydroxylation sites is 2. The van der Waals surface area contributed by atoms with Gasteiger partial charge in [-0.15, -0.1) is 0 Å². The van der Waals surface area contributed by atoms with Gasteiger partial charge in [-0.1, -0.05) is 36.4 Å². The van der Waals surface area contributed by atoms with Gasteiger partial charge >= 0.3 is 11.9 Å².